The zero-order chi connectivity index (χ0) is 12.5. The molecule has 2 rings (SSSR count). The van der Waals surface area contributed by atoms with Crippen LogP contribution in [0, 0.1) is 11.9 Å². The van der Waals surface area contributed by atoms with Crippen molar-refractivity contribution in [1.29, 1.82) is 0 Å². The standard InChI is InChI=1S/C13H7F4/c14-12-7-3-10(4-8-12)9-1-5-11(6-2-9)13(15,16)17/h1-7H. The van der Waals surface area contributed by atoms with Gasteiger partial charge in [0.2, 0.25) is 0 Å². The minimum Gasteiger partial charge on any atom is -0.206 e. The number of hydrogen-bond acceptors (Lipinski definition) is 0. The molecule has 1 radical (unpaired) electrons. The highest BCUT2D eigenvalue weighted by atomic mass is 19.4. The normalized spacial score (nSPS) is 11.5. The van der Waals surface area contributed by atoms with Gasteiger partial charge in [-0.3, -0.25) is 0 Å². The van der Waals surface area contributed by atoms with Gasteiger partial charge >= 0.3 is 6.18 Å². The lowest BCUT2D eigenvalue weighted by Gasteiger charge is -2.07. The second-order valence-corrected chi connectivity index (χ2v) is 3.50. The van der Waals surface area contributed by atoms with Gasteiger partial charge in [-0.25, -0.2) is 4.39 Å². The molecule has 0 nitrogen and oxygen atoms in total. The van der Waals surface area contributed by atoms with Gasteiger partial charge in [0.05, 0.1) is 5.56 Å². The number of rotatable bonds is 1. The summed E-state index contributed by atoms with van der Waals surface area (Å²) >= 11 is 0. The maximum absolute atomic E-state index is 12.6. The zero-order valence-corrected chi connectivity index (χ0v) is 8.55. The molecule has 0 atom stereocenters. The average Bonchev–Trinajstić information content (AvgIpc) is 2.29. The lowest BCUT2D eigenvalue weighted by atomic mass is 10.0. The van der Waals surface area contributed by atoms with Crippen LogP contribution in [0.5, 0.6) is 0 Å². The van der Waals surface area contributed by atoms with Crippen LogP contribution in [-0.4, -0.2) is 0 Å². The highest BCUT2D eigenvalue weighted by Gasteiger charge is 2.29. The first-order chi connectivity index (χ1) is 7.97. The summed E-state index contributed by atoms with van der Waals surface area (Å²) in [5.74, 6) is -0.499. The van der Waals surface area contributed by atoms with E-state index in [1.54, 1.807) is 0 Å². The predicted molar refractivity (Wildman–Crippen MR) is 55.7 cm³/mol. The molecule has 0 aromatic heterocycles. The molecule has 2 aromatic rings. The van der Waals surface area contributed by atoms with Gasteiger partial charge in [0.25, 0.3) is 0 Å². The predicted octanol–water partition coefficient (Wildman–Crippen LogP) is 4.31. The molecule has 0 bridgehead atoms. The van der Waals surface area contributed by atoms with E-state index in [1.165, 1.54) is 30.3 Å². The number of hydrogen-bond donors (Lipinski definition) is 0. The smallest absolute Gasteiger partial charge is 0.206 e. The Bertz CT molecular complexity index is 494. The first kappa shape index (κ1) is 11.6. The van der Waals surface area contributed by atoms with E-state index in [4.69, 9.17) is 0 Å². The monoisotopic (exact) mass is 239 g/mol. The highest BCUT2D eigenvalue weighted by molar-refractivity contribution is 5.63. The molecule has 0 N–H and O–H groups in total. The molecule has 4 heteroatoms. The fourth-order valence-corrected chi connectivity index (χ4v) is 1.44. The maximum atomic E-state index is 12.6. The lowest BCUT2D eigenvalue weighted by molar-refractivity contribution is -0.137. The summed E-state index contributed by atoms with van der Waals surface area (Å²) in [5, 5.41) is 0. The summed E-state index contributed by atoms with van der Waals surface area (Å²) in [5.41, 5.74) is 0.515. The van der Waals surface area contributed by atoms with Crippen LogP contribution < -0.4 is 0 Å². The number of alkyl halides is 3. The molecule has 0 aliphatic rings. The molecular weight excluding hydrogens is 232 g/mol. The van der Waals surface area contributed by atoms with Crippen LogP contribution in [0.3, 0.4) is 0 Å². The minimum atomic E-state index is -4.34. The van der Waals surface area contributed by atoms with Gasteiger partial charge in [0.1, 0.15) is 5.82 Å². The van der Waals surface area contributed by atoms with Gasteiger partial charge in [-0.05, 0) is 35.4 Å². The molecule has 87 valence electrons. The van der Waals surface area contributed by atoms with Crippen molar-refractivity contribution < 1.29 is 17.6 Å². The van der Waals surface area contributed by atoms with E-state index >= 15 is 0 Å². The van der Waals surface area contributed by atoms with E-state index < -0.39 is 17.6 Å². The Hall–Kier alpha value is -1.84. The Kier molecular flexibility index (Phi) is 2.88. The quantitative estimate of drug-likeness (QED) is 0.650. The molecule has 0 aliphatic carbocycles. The summed E-state index contributed by atoms with van der Waals surface area (Å²) in [6, 6.07) is 11.2. The van der Waals surface area contributed by atoms with Crippen LogP contribution in [0.4, 0.5) is 17.6 Å². The molecule has 0 amide bonds. The summed E-state index contributed by atoms with van der Waals surface area (Å²) in [6.07, 6.45) is -4.34. The van der Waals surface area contributed by atoms with E-state index in [0.29, 0.717) is 11.1 Å². The Morgan fingerprint density at radius 3 is 1.88 bits per heavy atom. The largest absolute Gasteiger partial charge is 0.416 e. The van der Waals surface area contributed by atoms with Gasteiger partial charge < -0.3 is 0 Å². The molecule has 0 saturated heterocycles. The minimum absolute atomic E-state index is 0.499. The van der Waals surface area contributed by atoms with Crippen LogP contribution in [0.2, 0.25) is 0 Å². The van der Waals surface area contributed by atoms with Crippen molar-refractivity contribution in [3.05, 3.63) is 59.9 Å². The van der Waals surface area contributed by atoms with Crippen molar-refractivity contribution in [2.75, 3.05) is 0 Å². The Morgan fingerprint density at radius 2 is 1.41 bits per heavy atom. The fourth-order valence-electron chi connectivity index (χ4n) is 1.44. The third-order valence-electron chi connectivity index (χ3n) is 2.32. The summed E-state index contributed by atoms with van der Waals surface area (Å²) in [6.45, 7) is 0. The topological polar surface area (TPSA) is 0 Å². The van der Waals surface area contributed by atoms with E-state index in [9.17, 15) is 17.6 Å². The van der Waals surface area contributed by atoms with Crippen LogP contribution in [0.15, 0.2) is 42.5 Å². The van der Waals surface area contributed by atoms with E-state index in [0.717, 1.165) is 12.1 Å². The van der Waals surface area contributed by atoms with Gasteiger partial charge in [-0.15, -0.1) is 0 Å². The van der Waals surface area contributed by atoms with E-state index in [1.807, 2.05) is 0 Å². The van der Waals surface area contributed by atoms with Crippen molar-refractivity contribution in [2.24, 2.45) is 0 Å². The molecule has 0 spiro atoms. The molecule has 2 aromatic carbocycles. The third kappa shape index (κ3) is 2.64. The van der Waals surface area contributed by atoms with Crippen LogP contribution in [0.25, 0.3) is 11.1 Å². The second-order valence-electron chi connectivity index (χ2n) is 3.50. The zero-order valence-electron chi connectivity index (χ0n) is 8.55. The Morgan fingerprint density at radius 1 is 0.824 bits per heavy atom. The summed E-state index contributed by atoms with van der Waals surface area (Å²) in [7, 11) is 0. The van der Waals surface area contributed by atoms with Crippen molar-refractivity contribution in [2.45, 2.75) is 6.18 Å². The van der Waals surface area contributed by atoms with Gasteiger partial charge in [-0.1, -0.05) is 18.2 Å². The number of halogens is 4. The molecule has 0 heterocycles. The summed E-state index contributed by atoms with van der Waals surface area (Å²) < 4.78 is 49.6. The molecule has 0 aliphatic heterocycles. The van der Waals surface area contributed by atoms with E-state index in [2.05, 4.69) is 6.07 Å². The van der Waals surface area contributed by atoms with Crippen molar-refractivity contribution in [3.63, 3.8) is 0 Å². The fraction of sp³-hybridized carbons (Fsp3) is 0.0769. The maximum Gasteiger partial charge on any atom is 0.416 e. The lowest BCUT2D eigenvalue weighted by Crippen LogP contribution is -2.03. The van der Waals surface area contributed by atoms with Gasteiger partial charge in [-0.2, -0.15) is 13.2 Å². The van der Waals surface area contributed by atoms with Crippen LogP contribution >= 0.6 is 0 Å². The second kappa shape index (κ2) is 4.20. The Balaban J connectivity index is 2.33. The van der Waals surface area contributed by atoms with Gasteiger partial charge in [0, 0.05) is 6.07 Å². The van der Waals surface area contributed by atoms with Crippen LogP contribution in [0.1, 0.15) is 5.56 Å². The van der Waals surface area contributed by atoms with Crippen molar-refractivity contribution >= 4 is 0 Å². The summed E-state index contributed by atoms with van der Waals surface area (Å²) in [4.78, 5) is 0. The molecule has 17 heavy (non-hydrogen) atoms. The SMILES string of the molecule is Fc1[c]cc(-c2ccc(C(F)(F)F)cc2)cc1. The molecule has 0 fully saturated rings. The van der Waals surface area contributed by atoms with Crippen molar-refractivity contribution in [3.8, 4) is 11.1 Å². The first-order valence-corrected chi connectivity index (χ1v) is 4.82. The highest BCUT2D eigenvalue weighted by Crippen LogP contribution is 2.30. The molecular formula is C13H7F4. The van der Waals surface area contributed by atoms with Crippen LogP contribution in [-0.2, 0) is 6.18 Å². The third-order valence-corrected chi connectivity index (χ3v) is 2.32. The van der Waals surface area contributed by atoms with Crippen molar-refractivity contribution in [1.82, 2.24) is 0 Å². The first-order valence-electron chi connectivity index (χ1n) is 4.82. The van der Waals surface area contributed by atoms with Gasteiger partial charge in [0.15, 0.2) is 0 Å². The average molecular weight is 239 g/mol. The molecule has 0 saturated carbocycles. The Labute approximate surface area is 95.5 Å². The van der Waals surface area contributed by atoms with E-state index in [-0.39, 0.29) is 0 Å². The molecule has 0 unspecified atom stereocenters. The number of benzene rings is 2.